The van der Waals surface area contributed by atoms with Crippen LogP contribution in [-0.4, -0.2) is 62.8 Å². The third-order valence-electron chi connectivity index (χ3n) is 6.25. The maximum absolute atomic E-state index is 12.9. The molecule has 0 aromatic carbocycles. The number of hydrogen-bond donors (Lipinski definition) is 1. The van der Waals surface area contributed by atoms with Crippen LogP contribution in [0.3, 0.4) is 0 Å². The molecule has 1 spiro atoms. The van der Waals surface area contributed by atoms with Gasteiger partial charge in [-0.15, -0.1) is 11.3 Å². The van der Waals surface area contributed by atoms with Crippen LogP contribution in [0.1, 0.15) is 29.0 Å². The Kier molecular flexibility index (Phi) is 4.66. The average molecular weight is 398 g/mol. The van der Waals surface area contributed by atoms with Gasteiger partial charge in [0.1, 0.15) is 0 Å². The lowest BCUT2D eigenvalue weighted by Crippen LogP contribution is -2.51. The summed E-state index contributed by atoms with van der Waals surface area (Å²) in [4.78, 5) is 17.0. The van der Waals surface area contributed by atoms with Gasteiger partial charge in [-0.05, 0) is 57.7 Å². The molecule has 1 N–H and O–H groups in total. The molecule has 1 unspecified atom stereocenters. The monoisotopic (exact) mass is 397 g/mol. The first-order chi connectivity index (χ1) is 12.3. The Morgan fingerprint density at radius 1 is 1.19 bits per heavy atom. The maximum Gasteiger partial charge on any atom is 0.244 e. The fourth-order valence-electron chi connectivity index (χ4n) is 4.55. The molecule has 26 heavy (non-hydrogen) atoms. The lowest BCUT2D eigenvalue weighted by Gasteiger charge is -2.35. The first-order valence-electron chi connectivity index (χ1n) is 9.40. The molecule has 1 aromatic heterocycles. The molecule has 8 heteroatoms. The number of hydrogen-bond acceptors (Lipinski definition) is 5. The van der Waals surface area contributed by atoms with E-state index in [-0.39, 0.29) is 17.2 Å². The van der Waals surface area contributed by atoms with Gasteiger partial charge in [0, 0.05) is 41.9 Å². The number of nitrogens with zero attached hydrogens (tertiary/aromatic N) is 2. The second-order valence-corrected chi connectivity index (χ2v) is 11.2. The summed E-state index contributed by atoms with van der Waals surface area (Å²) in [5, 5.41) is 3.37. The summed E-state index contributed by atoms with van der Waals surface area (Å²) in [5.41, 5.74) is 0.233. The van der Waals surface area contributed by atoms with Crippen LogP contribution in [0.25, 0.3) is 0 Å². The van der Waals surface area contributed by atoms with E-state index < -0.39 is 10.0 Å². The third kappa shape index (κ3) is 3.10. The molecule has 144 valence electrons. The van der Waals surface area contributed by atoms with Crippen molar-refractivity contribution >= 4 is 27.3 Å². The number of sulfonamides is 1. The van der Waals surface area contributed by atoms with Crippen molar-refractivity contribution in [2.75, 3.05) is 39.3 Å². The summed E-state index contributed by atoms with van der Waals surface area (Å²) >= 11 is 1.51. The number of aryl methyl sites for hydroxylation is 2. The minimum Gasteiger partial charge on any atom is -0.340 e. The van der Waals surface area contributed by atoms with Gasteiger partial charge in [-0.3, -0.25) is 4.79 Å². The van der Waals surface area contributed by atoms with Crippen LogP contribution < -0.4 is 5.32 Å². The van der Waals surface area contributed by atoms with Crippen molar-refractivity contribution in [3.63, 3.8) is 0 Å². The Morgan fingerprint density at radius 2 is 1.85 bits per heavy atom. The number of thiophene rings is 1. The molecular formula is C18H27N3O3S2. The lowest BCUT2D eigenvalue weighted by molar-refractivity contribution is -0.134. The zero-order valence-corrected chi connectivity index (χ0v) is 17.1. The van der Waals surface area contributed by atoms with Gasteiger partial charge in [0.2, 0.25) is 15.9 Å². The molecule has 3 aliphatic rings. The molecular weight excluding hydrogens is 370 g/mol. The Balaban J connectivity index is 1.38. The van der Waals surface area contributed by atoms with Crippen LogP contribution >= 0.6 is 11.3 Å². The van der Waals surface area contributed by atoms with E-state index in [1.54, 1.807) is 10.4 Å². The van der Waals surface area contributed by atoms with Gasteiger partial charge in [-0.2, -0.15) is 4.31 Å². The number of piperazine rings is 1. The number of nitrogens with one attached hydrogen (secondary N) is 1. The van der Waals surface area contributed by atoms with E-state index in [2.05, 4.69) is 5.32 Å². The van der Waals surface area contributed by atoms with E-state index in [9.17, 15) is 13.2 Å². The molecule has 1 aromatic rings. The highest BCUT2D eigenvalue weighted by atomic mass is 32.2. The Hall–Kier alpha value is -0.960. The third-order valence-corrected chi connectivity index (χ3v) is 9.37. The summed E-state index contributed by atoms with van der Waals surface area (Å²) in [6, 6.07) is 1.76. The minimum absolute atomic E-state index is 0.162. The predicted molar refractivity (Wildman–Crippen MR) is 102 cm³/mol. The van der Waals surface area contributed by atoms with E-state index in [1.165, 1.54) is 11.3 Å². The zero-order valence-electron chi connectivity index (χ0n) is 15.5. The number of carbonyl (C=O) groups is 1. The molecule has 1 saturated carbocycles. The van der Waals surface area contributed by atoms with Crippen molar-refractivity contribution in [1.29, 1.82) is 0 Å². The highest BCUT2D eigenvalue weighted by Crippen LogP contribution is 2.59. The number of piperidine rings is 1. The Morgan fingerprint density at radius 3 is 2.42 bits per heavy atom. The number of carbonyl (C=O) groups excluding carboxylic acids is 1. The molecule has 1 atom stereocenters. The molecule has 2 saturated heterocycles. The second kappa shape index (κ2) is 6.58. The summed E-state index contributed by atoms with van der Waals surface area (Å²) in [5.74, 6) is 0.404. The molecule has 1 aliphatic carbocycles. The Labute approximate surface area is 159 Å². The molecule has 6 nitrogen and oxygen atoms in total. The van der Waals surface area contributed by atoms with Gasteiger partial charge in [0.15, 0.2) is 0 Å². The highest BCUT2D eigenvalue weighted by molar-refractivity contribution is 7.89. The first-order valence-corrected chi connectivity index (χ1v) is 11.7. The normalized spacial score (nSPS) is 26.2. The molecule has 0 radical (unpaired) electrons. The number of amides is 1. The molecule has 3 fully saturated rings. The summed E-state index contributed by atoms with van der Waals surface area (Å²) in [6.07, 6.45) is 3.20. The standard InChI is InChI=1S/C18H27N3O3S2/c1-13-11-16(14(2)25-13)26(23,24)21-9-7-20(8-10-21)17(22)15-12-18(15)3-5-19-6-4-18/h11,15,19H,3-10,12H2,1-2H3. The highest BCUT2D eigenvalue weighted by Gasteiger charge is 2.58. The van der Waals surface area contributed by atoms with Crippen molar-refractivity contribution in [3.8, 4) is 0 Å². The lowest BCUT2D eigenvalue weighted by atomic mass is 9.91. The van der Waals surface area contributed by atoms with E-state index >= 15 is 0 Å². The van der Waals surface area contributed by atoms with E-state index in [0.29, 0.717) is 31.1 Å². The van der Waals surface area contributed by atoms with Crippen LogP contribution in [0, 0.1) is 25.2 Å². The second-order valence-electron chi connectivity index (χ2n) is 7.88. The van der Waals surface area contributed by atoms with Gasteiger partial charge >= 0.3 is 0 Å². The van der Waals surface area contributed by atoms with Crippen LogP contribution in [0.2, 0.25) is 0 Å². The van der Waals surface area contributed by atoms with Gasteiger partial charge in [0.05, 0.1) is 4.90 Å². The van der Waals surface area contributed by atoms with Gasteiger partial charge in [-0.1, -0.05) is 0 Å². The average Bonchev–Trinajstić information content (AvgIpc) is 3.19. The maximum atomic E-state index is 12.9. The zero-order chi connectivity index (χ0) is 18.5. The predicted octanol–water partition coefficient (Wildman–Crippen LogP) is 1.59. The van der Waals surface area contributed by atoms with Crippen molar-refractivity contribution in [1.82, 2.24) is 14.5 Å². The van der Waals surface area contributed by atoms with Crippen LogP contribution in [0.5, 0.6) is 0 Å². The number of rotatable bonds is 3. The SMILES string of the molecule is Cc1cc(S(=O)(=O)N2CCN(C(=O)C3CC34CCNCC4)CC2)c(C)s1. The smallest absolute Gasteiger partial charge is 0.244 e. The topological polar surface area (TPSA) is 69.7 Å². The van der Waals surface area contributed by atoms with E-state index in [4.69, 9.17) is 0 Å². The molecule has 1 amide bonds. The van der Waals surface area contributed by atoms with Crippen LogP contribution in [-0.2, 0) is 14.8 Å². The van der Waals surface area contributed by atoms with Crippen molar-refractivity contribution in [2.24, 2.45) is 11.3 Å². The summed E-state index contributed by atoms with van der Waals surface area (Å²) < 4.78 is 27.4. The molecule has 3 heterocycles. The molecule has 0 bridgehead atoms. The first kappa shape index (κ1) is 18.4. The van der Waals surface area contributed by atoms with Gasteiger partial charge < -0.3 is 10.2 Å². The minimum atomic E-state index is -3.46. The van der Waals surface area contributed by atoms with Crippen molar-refractivity contribution in [2.45, 2.75) is 38.0 Å². The summed E-state index contributed by atoms with van der Waals surface area (Å²) in [6.45, 7) is 7.60. The largest absolute Gasteiger partial charge is 0.340 e. The quantitative estimate of drug-likeness (QED) is 0.841. The van der Waals surface area contributed by atoms with Crippen LogP contribution in [0.15, 0.2) is 11.0 Å². The summed E-state index contributed by atoms with van der Waals surface area (Å²) in [7, 11) is -3.46. The van der Waals surface area contributed by atoms with Crippen LogP contribution in [0.4, 0.5) is 0 Å². The fraction of sp³-hybridized carbons (Fsp3) is 0.722. The van der Waals surface area contributed by atoms with Crippen molar-refractivity contribution < 1.29 is 13.2 Å². The van der Waals surface area contributed by atoms with E-state index in [0.717, 1.165) is 42.1 Å². The van der Waals surface area contributed by atoms with Gasteiger partial charge in [-0.25, -0.2) is 8.42 Å². The molecule has 2 aliphatic heterocycles. The molecule has 4 rings (SSSR count). The Bertz CT molecular complexity index is 804. The van der Waals surface area contributed by atoms with E-state index in [1.807, 2.05) is 18.7 Å². The van der Waals surface area contributed by atoms with Gasteiger partial charge in [0.25, 0.3) is 0 Å². The van der Waals surface area contributed by atoms with Crippen molar-refractivity contribution in [3.05, 3.63) is 15.8 Å². The fourth-order valence-corrected chi connectivity index (χ4v) is 7.49.